The van der Waals surface area contributed by atoms with E-state index in [0.717, 1.165) is 16.9 Å². The van der Waals surface area contributed by atoms with E-state index in [1.165, 1.54) is 6.07 Å². The van der Waals surface area contributed by atoms with E-state index in [1.807, 2.05) is 13.0 Å². The molecular weight excluding hydrogens is 256 g/mol. The average Bonchev–Trinajstić information content (AvgIpc) is 2.65. The Labute approximate surface area is 104 Å². The third-order valence-corrected chi connectivity index (χ3v) is 4.97. The molecule has 1 aromatic heterocycles. The summed E-state index contributed by atoms with van der Waals surface area (Å²) in [7, 11) is -3.52. The van der Waals surface area contributed by atoms with Crippen LogP contribution in [0.2, 0.25) is 0 Å². The van der Waals surface area contributed by atoms with Crippen molar-refractivity contribution in [2.24, 2.45) is 0 Å². The van der Waals surface area contributed by atoms with Crippen molar-refractivity contribution in [3.05, 3.63) is 41.3 Å². The maximum atomic E-state index is 12.0. The lowest BCUT2D eigenvalue weighted by Gasteiger charge is -2.06. The molecule has 90 valence electrons. The zero-order valence-electron chi connectivity index (χ0n) is 9.17. The standard InChI is InChI=1S/C11H12N2O2S2/c1-8-3-2-4-10(5-8)13-17(14,15)11-6-9(12)7-16-11/h2-7,13H,12H2,1H3. The number of thiophene rings is 1. The van der Waals surface area contributed by atoms with E-state index in [9.17, 15) is 8.42 Å². The molecule has 0 saturated heterocycles. The first-order chi connectivity index (χ1) is 7.97. The third kappa shape index (κ3) is 2.78. The summed E-state index contributed by atoms with van der Waals surface area (Å²) in [4.78, 5) is 0. The highest BCUT2D eigenvalue weighted by Gasteiger charge is 2.16. The number of hydrogen-bond acceptors (Lipinski definition) is 4. The normalized spacial score (nSPS) is 11.4. The van der Waals surface area contributed by atoms with Crippen LogP contribution in [0.4, 0.5) is 11.4 Å². The first-order valence-corrected chi connectivity index (χ1v) is 7.27. The molecule has 0 aliphatic heterocycles. The van der Waals surface area contributed by atoms with Crippen molar-refractivity contribution in [3.8, 4) is 0 Å². The fraction of sp³-hybridized carbons (Fsp3) is 0.0909. The molecule has 0 radical (unpaired) electrons. The van der Waals surface area contributed by atoms with E-state index < -0.39 is 10.0 Å². The quantitative estimate of drug-likeness (QED) is 0.898. The molecule has 2 aromatic rings. The Morgan fingerprint density at radius 2 is 2.06 bits per heavy atom. The molecule has 1 aromatic carbocycles. The minimum atomic E-state index is -3.52. The molecule has 0 unspecified atom stereocenters. The first kappa shape index (κ1) is 11.9. The van der Waals surface area contributed by atoms with Crippen LogP contribution in [0.25, 0.3) is 0 Å². The van der Waals surface area contributed by atoms with E-state index in [1.54, 1.807) is 23.6 Å². The Morgan fingerprint density at radius 3 is 2.65 bits per heavy atom. The Morgan fingerprint density at radius 1 is 1.29 bits per heavy atom. The van der Waals surface area contributed by atoms with Gasteiger partial charge < -0.3 is 5.73 Å². The number of hydrogen-bond donors (Lipinski definition) is 2. The number of nitrogen functional groups attached to an aromatic ring is 1. The molecule has 6 heteroatoms. The van der Waals surface area contributed by atoms with Gasteiger partial charge in [0.25, 0.3) is 10.0 Å². The van der Waals surface area contributed by atoms with Crippen molar-refractivity contribution < 1.29 is 8.42 Å². The molecule has 4 nitrogen and oxygen atoms in total. The maximum absolute atomic E-state index is 12.0. The number of rotatable bonds is 3. The largest absolute Gasteiger partial charge is 0.398 e. The molecule has 0 atom stereocenters. The number of nitrogens with two attached hydrogens (primary N) is 1. The van der Waals surface area contributed by atoms with Gasteiger partial charge in [-0.05, 0) is 30.7 Å². The second kappa shape index (κ2) is 4.38. The summed E-state index contributed by atoms with van der Waals surface area (Å²) in [5.41, 5.74) is 7.52. The molecule has 0 saturated carbocycles. The van der Waals surface area contributed by atoms with Gasteiger partial charge in [0, 0.05) is 16.8 Å². The van der Waals surface area contributed by atoms with Crippen LogP contribution in [0.3, 0.4) is 0 Å². The summed E-state index contributed by atoms with van der Waals surface area (Å²) >= 11 is 1.10. The molecule has 2 rings (SSSR count). The van der Waals surface area contributed by atoms with Crippen molar-refractivity contribution in [2.45, 2.75) is 11.1 Å². The van der Waals surface area contributed by atoms with E-state index in [2.05, 4.69) is 4.72 Å². The predicted molar refractivity (Wildman–Crippen MR) is 70.7 cm³/mol. The van der Waals surface area contributed by atoms with Crippen LogP contribution in [-0.2, 0) is 10.0 Å². The van der Waals surface area contributed by atoms with E-state index in [0.29, 0.717) is 11.4 Å². The van der Waals surface area contributed by atoms with Gasteiger partial charge in [0.05, 0.1) is 0 Å². The topological polar surface area (TPSA) is 72.2 Å². The van der Waals surface area contributed by atoms with Gasteiger partial charge >= 0.3 is 0 Å². The molecule has 0 fully saturated rings. The van der Waals surface area contributed by atoms with Crippen molar-refractivity contribution in [3.63, 3.8) is 0 Å². The van der Waals surface area contributed by atoms with Crippen molar-refractivity contribution in [1.29, 1.82) is 0 Å². The molecule has 1 heterocycles. The Bertz CT molecular complexity index is 632. The van der Waals surface area contributed by atoms with Crippen LogP contribution in [-0.4, -0.2) is 8.42 Å². The van der Waals surface area contributed by atoms with Gasteiger partial charge in [-0.3, -0.25) is 4.72 Å². The molecule has 0 aliphatic carbocycles. The van der Waals surface area contributed by atoms with Gasteiger partial charge in [0.15, 0.2) is 0 Å². The van der Waals surface area contributed by atoms with Gasteiger partial charge in [-0.1, -0.05) is 12.1 Å². The van der Waals surface area contributed by atoms with Crippen molar-refractivity contribution in [1.82, 2.24) is 0 Å². The lowest BCUT2D eigenvalue weighted by molar-refractivity contribution is 0.603. The second-order valence-corrected chi connectivity index (χ2v) is 6.49. The highest BCUT2D eigenvalue weighted by molar-refractivity contribution is 7.94. The van der Waals surface area contributed by atoms with Crippen LogP contribution >= 0.6 is 11.3 Å². The van der Waals surface area contributed by atoms with Crippen LogP contribution in [0, 0.1) is 6.92 Å². The summed E-state index contributed by atoms with van der Waals surface area (Å²) in [6, 6.07) is 8.63. The monoisotopic (exact) mass is 268 g/mol. The Balaban J connectivity index is 2.29. The smallest absolute Gasteiger partial charge is 0.271 e. The lowest BCUT2D eigenvalue weighted by Crippen LogP contribution is -2.11. The van der Waals surface area contributed by atoms with Gasteiger partial charge in [-0.25, -0.2) is 8.42 Å². The highest BCUT2D eigenvalue weighted by atomic mass is 32.2. The van der Waals surface area contributed by atoms with E-state index in [-0.39, 0.29) is 4.21 Å². The number of nitrogens with one attached hydrogen (secondary N) is 1. The molecule has 0 amide bonds. The number of sulfonamides is 1. The Hall–Kier alpha value is -1.53. The summed E-state index contributed by atoms with van der Waals surface area (Å²) in [5, 5.41) is 1.60. The molecule has 17 heavy (non-hydrogen) atoms. The second-order valence-electron chi connectivity index (χ2n) is 3.67. The van der Waals surface area contributed by atoms with Crippen LogP contribution in [0.15, 0.2) is 39.9 Å². The number of aryl methyl sites for hydroxylation is 1. The minimum Gasteiger partial charge on any atom is -0.398 e. The third-order valence-electron chi connectivity index (χ3n) is 2.13. The van der Waals surface area contributed by atoms with Gasteiger partial charge in [-0.15, -0.1) is 11.3 Å². The predicted octanol–water partition coefficient (Wildman–Crippen LogP) is 2.44. The first-order valence-electron chi connectivity index (χ1n) is 4.91. The molecular formula is C11H12N2O2S2. The molecule has 3 N–H and O–H groups in total. The zero-order chi connectivity index (χ0) is 12.5. The fourth-order valence-electron chi connectivity index (χ4n) is 1.39. The lowest BCUT2D eigenvalue weighted by atomic mass is 10.2. The summed E-state index contributed by atoms with van der Waals surface area (Å²) in [6.07, 6.45) is 0. The molecule has 0 aliphatic rings. The summed E-state index contributed by atoms with van der Waals surface area (Å²) in [5.74, 6) is 0. The van der Waals surface area contributed by atoms with Gasteiger partial charge in [0.2, 0.25) is 0 Å². The SMILES string of the molecule is Cc1cccc(NS(=O)(=O)c2cc(N)cs2)c1. The Kier molecular flexibility index (Phi) is 3.08. The van der Waals surface area contributed by atoms with Crippen LogP contribution in [0.5, 0.6) is 0 Å². The zero-order valence-corrected chi connectivity index (χ0v) is 10.8. The van der Waals surface area contributed by atoms with Crippen molar-refractivity contribution in [2.75, 3.05) is 10.5 Å². The fourth-order valence-corrected chi connectivity index (χ4v) is 3.51. The van der Waals surface area contributed by atoms with Gasteiger partial charge in [0.1, 0.15) is 4.21 Å². The average molecular weight is 268 g/mol. The van der Waals surface area contributed by atoms with Gasteiger partial charge in [-0.2, -0.15) is 0 Å². The van der Waals surface area contributed by atoms with Crippen molar-refractivity contribution >= 4 is 32.7 Å². The highest BCUT2D eigenvalue weighted by Crippen LogP contribution is 2.24. The summed E-state index contributed by atoms with van der Waals surface area (Å²) in [6.45, 7) is 1.90. The number of benzene rings is 1. The van der Waals surface area contributed by atoms with E-state index in [4.69, 9.17) is 5.73 Å². The maximum Gasteiger partial charge on any atom is 0.271 e. The van der Waals surface area contributed by atoms with Crippen LogP contribution < -0.4 is 10.5 Å². The molecule has 0 bridgehead atoms. The summed E-state index contributed by atoms with van der Waals surface area (Å²) < 4.78 is 26.7. The van der Waals surface area contributed by atoms with E-state index >= 15 is 0 Å². The minimum absolute atomic E-state index is 0.219. The van der Waals surface area contributed by atoms with Crippen LogP contribution in [0.1, 0.15) is 5.56 Å². The molecule has 0 spiro atoms. The number of anilines is 2.